The van der Waals surface area contributed by atoms with Gasteiger partial charge in [0.25, 0.3) is 5.56 Å². The molecule has 5 nitrogen and oxygen atoms in total. The largest absolute Gasteiger partial charge is 0.480 e. The molecule has 0 spiro atoms. The van der Waals surface area contributed by atoms with Gasteiger partial charge in [-0.3, -0.25) is 9.59 Å². The molecule has 2 aromatic rings. The van der Waals surface area contributed by atoms with Crippen molar-refractivity contribution in [2.24, 2.45) is 12.8 Å². The fourth-order valence-corrected chi connectivity index (χ4v) is 2.47. The van der Waals surface area contributed by atoms with Crippen LogP contribution in [-0.4, -0.2) is 21.7 Å². The summed E-state index contributed by atoms with van der Waals surface area (Å²) in [7, 11) is 1.40. The molecular formula is C17H17F3N2O3. The van der Waals surface area contributed by atoms with E-state index < -0.39 is 34.9 Å². The third-order valence-corrected chi connectivity index (χ3v) is 3.99. The minimum atomic E-state index is -4.67. The van der Waals surface area contributed by atoms with E-state index in [1.165, 1.54) is 38.2 Å². The molecular weight excluding hydrogens is 337 g/mol. The highest BCUT2D eigenvalue weighted by atomic mass is 19.4. The first-order valence-corrected chi connectivity index (χ1v) is 7.38. The number of aromatic nitrogens is 1. The van der Waals surface area contributed by atoms with E-state index in [0.29, 0.717) is 5.56 Å². The van der Waals surface area contributed by atoms with Gasteiger partial charge in [-0.1, -0.05) is 24.3 Å². The molecule has 0 amide bonds. The summed E-state index contributed by atoms with van der Waals surface area (Å²) >= 11 is 0. The zero-order chi connectivity index (χ0) is 18.9. The van der Waals surface area contributed by atoms with Crippen molar-refractivity contribution in [1.82, 2.24) is 4.57 Å². The molecule has 8 heteroatoms. The smallest absolute Gasteiger partial charge is 0.417 e. The van der Waals surface area contributed by atoms with E-state index in [1.807, 2.05) is 0 Å². The van der Waals surface area contributed by atoms with Crippen LogP contribution in [-0.2, 0) is 24.4 Å². The van der Waals surface area contributed by atoms with Crippen LogP contribution >= 0.6 is 0 Å². The topological polar surface area (TPSA) is 85.3 Å². The number of carbonyl (C=O) groups is 1. The molecule has 1 aromatic carbocycles. The zero-order valence-electron chi connectivity index (χ0n) is 13.6. The Morgan fingerprint density at radius 3 is 2.32 bits per heavy atom. The highest BCUT2D eigenvalue weighted by Crippen LogP contribution is 2.35. The van der Waals surface area contributed by atoms with Crippen LogP contribution in [0.15, 0.2) is 35.1 Å². The lowest BCUT2D eigenvalue weighted by Crippen LogP contribution is -2.32. The van der Waals surface area contributed by atoms with Crippen LogP contribution < -0.4 is 11.3 Å². The third kappa shape index (κ3) is 3.90. The van der Waals surface area contributed by atoms with Gasteiger partial charge in [0, 0.05) is 12.7 Å². The second-order valence-corrected chi connectivity index (χ2v) is 5.78. The normalized spacial score (nSPS) is 12.9. The molecule has 1 aromatic heterocycles. The number of hydrogen-bond acceptors (Lipinski definition) is 3. The summed E-state index contributed by atoms with van der Waals surface area (Å²) in [6, 6.07) is 5.50. The van der Waals surface area contributed by atoms with E-state index in [4.69, 9.17) is 10.8 Å². The lowest BCUT2D eigenvalue weighted by atomic mass is 9.97. The van der Waals surface area contributed by atoms with Crippen molar-refractivity contribution >= 4 is 5.97 Å². The average molecular weight is 354 g/mol. The Bertz CT molecular complexity index is 855. The third-order valence-electron chi connectivity index (χ3n) is 3.99. The number of nitrogens with zero attached hydrogens (tertiary/aromatic N) is 1. The van der Waals surface area contributed by atoms with Crippen LogP contribution in [0.4, 0.5) is 13.2 Å². The predicted octanol–water partition coefficient (Wildman–Crippen LogP) is 2.33. The Morgan fingerprint density at radius 1 is 1.28 bits per heavy atom. The molecule has 0 aliphatic carbocycles. The van der Waals surface area contributed by atoms with E-state index in [0.717, 1.165) is 10.6 Å². The predicted molar refractivity (Wildman–Crippen MR) is 86.2 cm³/mol. The fraction of sp³-hybridized carbons (Fsp3) is 0.294. The van der Waals surface area contributed by atoms with Gasteiger partial charge >= 0.3 is 12.1 Å². The molecule has 0 aliphatic heterocycles. The van der Waals surface area contributed by atoms with Gasteiger partial charge in [0.05, 0.1) is 11.1 Å². The van der Waals surface area contributed by atoms with Crippen molar-refractivity contribution in [3.05, 3.63) is 57.5 Å². The quantitative estimate of drug-likeness (QED) is 0.882. The highest BCUT2D eigenvalue weighted by molar-refractivity contribution is 5.73. The first-order valence-electron chi connectivity index (χ1n) is 7.38. The van der Waals surface area contributed by atoms with Gasteiger partial charge < -0.3 is 15.4 Å². The standard InChI is InChI=1S/C17H17F3N2O3/c1-9-7-12(17(18,19)20)14(15(23)22(9)2)11-5-3-10(4-6-11)8-13(21)16(24)25/h3-7,13H,8,21H2,1-2H3,(H,24,25)/t13-/m0/s1. The summed E-state index contributed by atoms with van der Waals surface area (Å²) in [5.41, 5.74) is 4.12. The Kier molecular flexibility index (Phi) is 5.03. The molecule has 0 saturated carbocycles. The number of nitrogens with two attached hydrogens (primary N) is 1. The maximum Gasteiger partial charge on any atom is 0.417 e. The second-order valence-electron chi connectivity index (χ2n) is 5.78. The summed E-state index contributed by atoms with van der Waals surface area (Å²) in [5, 5.41) is 8.80. The molecule has 1 heterocycles. The molecule has 0 saturated heterocycles. The summed E-state index contributed by atoms with van der Waals surface area (Å²) in [6.07, 6.45) is -4.63. The Labute approximate surface area is 141 Å². The van der Waals surface area contributed by atoms with Crippen molar-refractivity contribution in [2.45, 2.75) is 25.6 Å². The molecule has 0 radical (unpaired) electrons. The Morgan fingerprint density at radius 2 is 1.84 bits per heavy atom. The molecule has 0 unspecified atom stereocenters. The average Bonchev–Trinajstić information content (AvgIpc) is 2.52. The number of pyridine rings is 1. The van der Waals surface area contributed by atoms with Gasteiger partial charge in [0.2, 0.25) is 0 Å². The first-order chi connectivity index (χ1) is 11.5. The number of carboxylic acids is 1. The minimum Gasteiger partial charge on any atom is -0.480 e. The summed E-state index contributed by atoms with van der Waals surface area (Å²) in [5.74, 6) is -1.17. The van der Waals surface area contributed by atoms with Crippen molar-refractivity contribution < 1.29 is 23.1 Å². The van der Waals surface area contributed by atoms with Gasteiger partial charge in [0.1, 0.15) is 6.04 Å². The zero-order valence-corrected chi connectivity index (χ0v) is 13.6. The highest BCUT2D eigenvalue weighted by Gasteiger charge is 2.35. The monoisotopic (exact) mass is 354 g/mol. The van der Waals surface area contributed by atoms with Crippen molar-refractivity contribution in [3.8, 4) is 11.1 Å². The molecule has 0 fully saturated rings. The molecule has 134 valence electrons. The molecule has 2 rings (SSSR count). The fourth-order valence-electron chi connectivity index (χ4n) is 2.47. The molecule has 0 aliphatic rings. The van der Waals surface area contributed by atoms with Crippen LogP contribution in [0.5, 0.6) is 0 Å². The van der Waals surface area contributed by atoms with Gasteiger partial charge in [-0.25, -0.2) is 0 Å². The lowest BCUT2D eigenvalue weighted by Gasteiger charge is -2.16. The summed E-state index contributed by atoms with van der Waals surface area (Å²) in [4.78, 5) is 23.1. The van der Waals surface area contributed by atoms with E-state index in [-0.39, 0.29) is 17.7 Å². The van der Waals surface area contributed by atoms with E-state index in [9.17, 15) is 22.8 Å². The summed E-state index contributed by atoms with van der Waals surface area (Å²) < 4.78 is 41.2. The molecule has 25 heavy (non-hydrogen) atoms. The van der Waals surface area contributed by atoms with Gasteiger partial charge in [-0.2, -0.15) is 13.2 Å². The second kappa shape index (κ2) is 6.72. The van der Waals surface area contributed by atoms with Gasteiger partial charge in [0.15, 0.2) is 0 Å². The number of rotatable bonds is 4. The number of benzene rings is 1. The Balaban J connectivity index is 2.53. The molecule has 3 N–H and O–H groups in total. The van der Waals surface area contributed by atoms with E-state index >= 15 is 0 Å². The SMILES string of the molecule is Cc1cc(C(F)(F)F)c(-c2ccc(C[C@H](N)C(=O)O)cc2)c(=O)n1C. The molecule has 1 atom stereocenters. The van der Waals surface area contributed by atoms with Crippen LogP contribution in [0.25, 0.3) is 11.1 Å². The van der Waals surface area contributed by atoms with Crippen molar-refractivity contribution in [3.63, 3.8) is 0 Å². The van der Waals surface area contributed by atoms with Crippen LogP contribution in [0.1, 0.15) is 16.8 Å². The number of alkyl halides is 3. The van der Waals surface area contributed by atoms with E-state index in [2.05, 4.69) is 0 Å². The van der Waals surface area contributed by atoms with Crippen molar-refractivity contribution in [1.29, 1.82) is 0 Å². The van der Waals surface area contributed by atoms with Crippen LogP contribution in [0, 0.1) is 6.92 Å². The summed E-state index contributed by atoms with van der Waals surface area (Å²) in [6.45, 7) is 1.43. The van der Waals surface area contributed by atoms with Gasteiger partial charge in [-0.05, 0) is 30.5 Å². The maximum atomic E-state index is 13.3. The van der Waals surface area contributed by atoms with Crippen LogP contribution in [0.3, 0.4) is 0 Å². The first kappa shape index (κ1) is 18.7. The lowest BCUT2D eigenvalue weighted by molar-refractivity contribution is -0.138. The molecule has 0 bridgehead atoms. The van der Waals surface area contributed by atoms with Crippen molar-refractivity contribution in [2.75, 3.05) is 0 Å². The number of hydrogen-bond donors (Lipinski definition) is 2. The van der Waals surface area contributed by atoms with E-state index in [1.54, 1.807) is 0 Å². The van der Waals surface area contributed by atoms with Gasteiger partial charge in [-0.15, -0.1) is 0 Å². The maximum absolute atomic E-state index is 13.3. The number of aliphatic carboxylic acids is 1. The number of halogens is 3. The Hall–Kier alpha value is -2.61. The van der Waals surface area contributed by atoms with Crippen LogP contribution in [0.2, 0.25) is 0 Å². The number of carboxylic acid groups (broad SMARTS) is 1. The number of aryl methyl sites for hydroxylation is 1. The minimum absolute atomic E-state index is 0.0354.